The van der Waals surface area contributed by atoms with Gasteiger partial charge in [-0.25, -0.2) is 0 Å². The fourth-order valence-electron chi connectivity index (χ4n) is 3.59. The minimum Gasteiger partial charge on any atom is -0.338 e. The van der Waals surface area contributed by atoms with E-state index in [1.54, 1.807) is 42.4 Å². The van der Waals surface area contributed by atoms with Gasteiger partial charge in [-0.3, -0.25) is 19.4 Å². The van der Waals surface area contributed by atoms with Gasteiger partial charge < -0.3 is 14.5 Å². The van der Waals surface area contributed by atoms with Gasteiger partial charge in [0, 0.05) is 43.6 Å². The number of carbonyl (C=O) groups excluding carboxylic acids is 1. The number of amides is 1. The molecule has 1 unspecified atom stereocenters. The Hall–Kier alpha value is -3.22. The molecule has 1 atom stereocenters. The van der Waals surface area contributed by atoms with Crippen molar-refractivity contribution in [3.8, 4) is 0 Å². The van der Waals surface area contributed by atoms with Crippen molar-refractivity contribution in [1.82, 2.24) is 19.4 Å². The van der Waals surface area contributed by atoms with E-state index in [4.69, 9.17) is 0 Å². The van der Waals surface area contributed by atoms with Crippen LogP contribution in [-0.4, -0.2) is 38.4 Å². The maximum absolute atomic E-state index is 12.8. The first-order valence-corrected chi connectivity index (χ1v) is 8.89. The van der Waals surface area contributed by atoms with Crippen molar-refractivity contribution in [2.45, 2.75) is 19.3 Å². The highest BCUT2D eigenvalue weighted by Crippen LogP contribution is 2.27. The van der Waals surface area contributed by atoms with E-state index in [2.05, 4.69) is 9.97 Å². The summed E-state index contributed by atoms with van der Waals surface area (Å²) in [4.78, 5) is 46.4. The Bertz CT molecular complexity index is 1160. The van der Waals surface area contributed by atoms with E-state index in [1.165, 1.54) is 4.57 Å². The molecule has 0 spiro atoms. The predicted molar refractivity (Wildman–Crippen MR) is 102 cm³/mol. The fourth-order valence-corrected chi connectivity index (χ4v) is 3.59. The van der Waals surface area contributed by atoms with Gasteiger partial charge in [-0.05, 0) is 43.7 Å². The van der Waals surface area contributed by atoms with Crippen LogP contribution in [0, 0.1) is 6.92 Å². The van der Waals surface area contributed by atoms with Crippen LogP contribution in [0.15, 0.2) is 46.1 Å². The van der Waals surface area contributed by atoms with Crippen LogP contribution in [0.2, 0.25) is 0 Å². The predicted octanol–water partition coefficient (Wildman–Crippen LogP) is 1.56. The zero-order chi connectivity index (χ0) is 19.1. The number of likely N-dealkylation sites (tertiary alicyclic amines) is 1. The standard InChI is InChI=1S/C20H20N4O3/c1-12-5-6-15(19(26)23(12)2)20(27)24-9-7-13(11-24)16-10-17-14(18(25)22-16)4-3-8-21-17/h3-6,8,10,13H,7,9,11H2,1-2H3,(H,22,25). The topological polar surface area (TPSA) is 88.1 Å². The molecule has 1 saturated heterocycles. The molecule has 1 amide bonds. The van der Waals surface area contributed by atoms with Gasteiger partial charge >= 0.3 is 0 Å². The summed E-state index contributed by atoms with van der Waals surface area (Å²) in [6.07, 6.45) is 2.38. The fraction of sp³-hybridized carbons (Fsp3) is 0.300. The van der Waals surface area contributed by atoms with Gasteiger partial charge in [-0.2, -0.15) is 0 Å². The summed E-state index contributed by atoms with van der Waals surface area (Å²) in [7, 11) is 1.66. The summed E-state index contributed by atoms with van der Waals surface area (Å²) >= 11 is 0. The number of nitrogens with zero attached hydrogens (tertiary/aromatic N) is 3. The third-order valence-corrected chi connectivity index (χ3v) is 5.33. The van der Waals surface area contributed by atoms with Crippen molar-refractivity contribution in [3.63, 3.8) is 0 Å². The van der Waals surface area contributed by atoms with Crippen LogP contribution in [0.3, 0.4) is 0 Å². The van der Waals surface area contributed by atoms with E-state index < -0.39 is 0 Å². The number of fused-ring (bicyclic) bond motifs is 1. The van der Waals surface area contributed by atoms with Crippen LogP contribution < -0.4 is 11.1 Å². The third kappa shape index (κ3) is 2.95. The highest BCUT2D eigenvalue weighted by molar-refractivity contribution is 5.94. The van der Waals surface area contributed by atoms with Gasteiger partial charge in [0.25, 0.3) is 17.0 Å². The van der Waals surface area contributed by atoms with Gasteiger partial charge in [-0.15, -0.1) is 0 Å². The Morgan fingerprint density at radius 3 is 2.89 bits per heavy atom. The van der Waals surface area contributed by atoms with Crippen molar-refractivity contribution in [1.29, 1.82) is 0 Å². The molecule has 138 valence electrons. The number of hydrogen-bond donors (Lipinski definition) is 1. The minimum absolute atomic E-state index is 0.0161. The molecule has 0 aromatic carbocycles. The molecular weight excluding hydrogens is 344 g/mol. The molecule has 3 aromatic heterocycles. The van der Waals surface area contributed by atoms with E-state index in [0.29, 0.717) is 24.0 Å². The second-order valence-electron chi connectivity index (χ2n) is 6.98. The zero-order valence-electron chi connectivity index (χ0n) is 15.2. The lowest BCUT2D eigenvalue weighted by molar-refractivity contribution is 0.0788. The third-order valence-electron chi connectivity index (χ3n) is 5.33. The molecule has 0 saturated carbocycles. The molecule has 1 aliphatic rings. The molecule has 7 nitrogen and oxygen atoms in total. The summed E-state index contributed by atoms with van der Waals surface area (Å²) in [5, 5.41) is 0.551. The monoisotopic (exact) mass is 364 g/mol. The molecule has 7 heteroatoms. The van der Waals surface area contributed by atoms with E-state index in [-0.39, 0.29) is 28.5 Å². The summed E-state index contributed by atoms with van der Waals surface area (Å²) in [5.74, 6) is -0.248. The Morgan fingerprint density at radius 1 is 1.26 bits per heavy atom. The van der Waals surface area contributed by atoms with Crippen LogP contribution in [0.4, 0.5) is 0 Å². The maximum Gasteiger partial charge on any atom is 0.263 e. The zero-order valence-corrected chi connectivity index (χ0v) is 15.2. The van der Waals surface area contributed by atoms with Crippen molar-refractivity contribution >= 4 is 16.8 Å². The number of aryl methyl sites for hydroxylation is 1. The largest absolute Gasteiger partial charge is 0.338 e. The average Bonchev–Trinajstić information content (AvgIpc) is 3.16. The van der Waals surface area contributed by atoms with Crippen LogP contribution >= 0.6 is 0 Å². The van der Waals surface area contributed by atoms with Crippen LogP contribution in [-0.2, 0) is 7.05 Å². The van der Waals surface area contributed by atoms with E-state index in [1.807, 2.05) is 13.0 Å². The van der Waals surface area contributed by atoms with Gasteiger partial charge in [-0.1, -0.05) is 0 Å². The maximum atomic E-state index is 12.8. The van der Waals surface area contributed by atoms with Crippen LogP contribution in [0.25, 0.3) is 10.9 Å². The SMILES string of the molecule is Cc1ccc(C(=O)N2CCC(c3cc4ncccc4c(=O)[nH]3)C2)c(=O)n1C. The second-order valence-corrected chi connectivity index (χ2v) is 6.98. The Kier molecular flexibility index (Phi) is 4.14. The molecule has 1 aliphatic heterocycles. The minimum atomic E-state index is -0.285. The summed E-state index contributed by atoms with van der Waals surface area (Å²) in [6, 6.07) is 8.71. The number of rotatable bonds is 2. The molecular formula is C20H20N4O3. The van der Waals surface area contributed by atoms with E-state index in [9.17, 15) is 14.4 Å². The number of nitrogens with one attached hydrogen (secondary N) is 1. The van der Waals surface area contributed by atoms with E-state index >= 15 is 0 Å². The summed E-state index contributed by atoms with van der Waals surface area (Å²) in [5.41, 5.74) is 1.95. The molecule has 1 fully saturated rings. The second kappa shape index (κ2) is 6.50. The highest BCUT2D eigenvalue weighted by atomic mass is 16.2. The van der Waals surface area contributed by atoms with Crippen molar-refractivity contribution in [2.24, 2.45) is 7.05 Å². The molecule has 4 heterocycles. The molecule has 0 bridgehead atoms. The van der Waals surface area contributed by atoms with Gasteiger partial charge in [0.05, 0.1) is 10.9 Å². The van der Waals surface area contributed by atoms with Crippen LogP contribution in [0.5, 0.6) is 0 Å². The lowest BCUT2D eigenvalue weighted by Gasteiger charge is -2.17. The lowest BCUT2D eigenvalue weighted by Crippen LogP contribution is -2.35. The first kappa shape index (κ1) is 17.2. The first-order valence-electron chi connectivity index (χ1n) is 8.89. The van der Waals surface area contributed by atoms with E-state index in [0.717, 1.165) is 17.8 Å². The number of hydrogen-bond acceptors (Lipinski definition) is 4. The smallest absolute Gasteiger partial charge is 0.263 e. The quantitative estimate of drug-likeness (QED) is 0.747. The molecule has 3 aromatic rings. The van der Waals surface area contributed by atoms with Crippen molar-refractivity contribution in [3.05, 3.63) is 74.2 Å². The normalized spacial score (nSPS) is 16.8. The van der Waals surface area contributed by atoms with Crippen molar-refractivity contribution < 1.29 is 4.79 Å². The number of aromatic amines is 1. The summed E-state index contributed by atoms with van der Waals surface area (Å²) < 4.78 is 1.48. The number of carbonyl (C=O) groups is 1. The van der Waals surface area contributed by atoms with Crippen LogP contribution in [0.1, 0.15) is 34.1 Å². The number of aromatic nitrogens is 3. The Labute approximate surface area is 155 Å². The van der Waals surface area contributed by atoms with Gasteiger partial charge in [0.15, 0.2) is 0 Å². The average molecular weight is 364 g/mol. The molecule has 27 heavy (non-hydrogen) atoms. The number of H-pyrrole nitrogens is 1. The highest BCUT2D eigenvalue weighted by Gasteiger charge is 2.30. The number of pyridine rings is 3. The van der Waals surface area contributed by atoms with Crippen molar-refractivity contribution in [2.75, 3.05) is 13.1 Å². The Balaban J connectivity index is 1.61. The summed E-state index contributed by atoms with van der Waals surface area (Å²) in [6.45, 7) is 2.83. The molecule has 0 aliphatic carbocycles. The molecule has 1 N–H and O–H groups in total. The lowest BCUT2D eigenvalue weighted by atomic mass is 10.0. The van der Waals surface area contributed by atoms with Gasteiger partial charge in [0.2, 0.25) is 0 Å². The Morgan fingerprint density at radius 2 is 2.07 bits per heavy atom. The first-order chi connectivity index (χ1) is 13.0. The van der Waals surface area contributed by atoms with Gasteiger partial charge in [0.1, 0.15) is 5.56 Å². The molecule has 4 rings (SSSR count). The molecule has 0 radical (unpaired) electrons.